The first kappa shape index (κ1) is 20.6. The van der Waals surface area contributed by atoms with E-state index in [0.717, 1.165) is 6.07 Å². The van der Waals surface area contributed by atoms with Crippen LogP contribution in [0.25, 0.3) is 0 Å². The number of carbonyl (C=O) groups excluding carboxylic acids is 1. The van der Waals surface area contributed by atoms with Crippen molar-refractivity contribution in [2.45, 2.75) is 0 Å². The van der Waals surface area contributed by atoms with E-state index in [1.165, 1.54) is 18.3 Å². The lowest BCUT2D eigenvalue weighted by Gasteiger charge is -2.07. The van der Waals surface area contributed by atoms with Gasteiger partial charge in [0, 0.05) is 16.7 Å². The number of nitro groups is 1. The van der Waals surface area contributed by atoms with Gasteiger partial charge in [0.05, 0.1) is 11.1 Å². The van der Waals surface area contributed by atoms with E-state index in [2.05, 4.69) is 10.5 Å². The number of benzene rings is 2. The molecule has 11 heteroatoms. The van der Waals surface area contributed by atoms with E-state index < -0.39 is 30.0 Å². The Bertz CT molecular complexity index is 917. The van der Waals surface area contributed by atoms with Crippen LogP contribution in [-0.4, -0.2) is 41.3 Å². The van der Waals surface area contributed by atoms with Gasteiger partial charge in [-0.1, -0.05) is 23.7 Å². The number of nitrogens with zero attached hydrogens (tertiary/aromatic N) is 2. The van der Waals surface area contributed by atoms with Gasteiger partial charge in [0.15, 0.2) is 19.0 Å². The van der Waals surface area contributed by atoms with E-state index in [0.29, 0.717) is 5.56 Å². The fourth-order valence-corrected chi connectivity index (χ4v) is 2.13. The summed E-state index contributed by atoms with van der Waals surface area (Å²) in [4.78, 5) is 32.7. The van der Waals surface area contributed by atoms with Crippen molar-refractivity contribution in [1.29, 1.82) is 0 Å². The first-order valence-corrected chi connectivity index (χ1v) is 8.07. The zero-order valence-electron chi connectivity index (χ0n) is 14.2. The molecule has 0 saturated heterocycles. The number of ether oxygens (including phenoxy) is 2. The van der Waals surface area contributed by atoms with Crippen LogP contribution in [0.3, 0.4) is 0 Å². The van der Waals surface area contributed by atoms with Gasteiger partial charge in [-0.3, -0.25) is 14.9 Å². The van der Waals surface area contributed by atoms with Crippen LogP contribution in [-0.2, 0) is 9.59 Å². The van der Waals surface area contributed by atoms with Crippen LogP contribution in [0, 0.1) is 10.1 Å². The molecule has 28 heavy (non-hydrogen) atoms. The van der Waals surface area contributed by atoms with Gasteiger partial charge >= 0.3 is 11.7 Å². The van der Waals surface area contributed by atoms with Gasteiger partial charge in [-0.25, -0.2) is 10.2 Å². The van der Waals surface area contributed by atoms with Crippen molar-refractivity contribution in [2.75, 3.05) is 13.2 Å². The largest absolute Gasteiger partial charge is 0.481 e. The third kappa shape index (κ3) is 6.25. The Morgan fingerprint density at radius 1 is 1.18 bits per heavy atom. The first-order valence-electron chi connectivity index (χ1n) is 7.69. The molecule has 0 aliphatic heterocycles. The smallest absolute Gasteiger partial charge is 0.341 e. The number of para-hydroxylation sites is 1. The molecule has 0 radical (unpaired) electrons. The number of carboxylic acid groups (broad SMARTS) is 1. The van der Waals surface area contributed by atoms with Gasteiger partial charge in [-0.2, -0.15) is 5.10 Å². The number of hydrogen-bond acceptors (Lipinski definition) is 7. The highest BCUT2D eigenvalue weighted by atomic mass is 35.5. The van der Waals surface area contributed by atoms with Crippen molar-refractivity contribution in [1.82, 2.24) is 5.43 Å². The summed E-state index contributed by atoms with van der Waals surface area (Å²) in [6.07, 6.45) is 1.26. The van der Waals surface area contributed by atoms with Crippen molar-refractivity contribution in [3.63, 3.8) is 0 Å². The topological polar surface area (TPSA) is 140 Å². The van der Waals surface area contributed by atoms with Crippen LogP contribution in [0.2, 0.25) is 5.02 Å². The molecule has 2 rings (SSSR count). The molecule has 0 atom stereocenters. The number of amides is 1. The molecule has 0 saturated carbocycles. The average Bonchev–Trinajstić information content (AvgIpc) is 2.66. The Labute approximate surface area is 163 Å². The van der Waals surface area contributed by atoms with Gasteiger partial charge < -0.3 is 14.6 Å². The summed E-state index contributed by atoms with van der Waals surface area (Å²) in [5, 5.41) is 23.5. The van der Waals surface area contributed by atoms with E-state index >= 15 is 0 Å². The van der Waals surface area contributed by atoms with Crippen molar-refractivity contribution in [3.8, 4) is 11.5 Å². The Morgan fingerprint density at radius 2 is 1.89 bits per heavy atom. The van der Waals surface area contributed by atoms with Gasteiger partial charge in [0.25, 0.3) is 5.91 Å². The monoisotopic (exact) mass is 407 g/mol. The average molecular weight is 408 g/mol. The quantitative estimate of drug-likeness (QED) is 0.369. The second kappa shape index (κ2) is 9.88. The summed E-state index contributed by atoms with van der Waals surface area (Å²) in [7, 11) is 0. The Kier molecular flexibility index (Phi) is 7.28. The molecule has 0 unspecified atom stereocenters. The van der Waals surface area contributed by atoms with Gasteiger partial charge in [-0.15, -0.1) is 0 Å². The number of aliphatic carboxylic acids is 1. The van der Waals surface area contributed by atoms with Crippen LogP contribution in [0.5, 0.6) is 11.5 Å². The number of hydrazone groups is 1. The maximum absolute atomic E-state index is 11.8. The number of nitro benzene ring substituents is 1. The lowest BCUT2D eigenvalue weighted by Crippen LogP contribution is -2.24. The van der Waals surface area contributed by atoms with E-state index in [1.54, 1.807) is 24.3 Å². The zero-order valence-corrected chi connectivity index (χ0v) is 15.0. The molecule has 0 aliphatic carbocycles. The highest BCUT2D eigenvalue weighted by Gasteiger charge is 2.16. The summed E-state index contributed by atoms with van der Waals surface area (Å²) >= 11 is 5.70. The number of carboxylic acids is 1. The summed E-state index contributed by atoms with van der Waals surface area (Å²) in [6.45, 7) is -1.04. The number of rotatable bonds is 9. The third-order valence-corrected chi connectivity index (χ3v) is 3.37. The molecule has 0 aliphatic rings. The minimum absolute atomic E-state index is 0.110. The van der Waals surface area contributed by atoms with Crippen LogP contribution in [0.4, 0.5) is 5.69 Å². The molecule has 146 valence electrons. The fraction of sp³-hybridized carbons (Fsp3) is 0.118. The van der Waals surface area contributed by atoms with Crippen LogP contribution in [0.1, 0.15) is 5.56 Å². The maximum atomic E-state index is 11.8. The van der Waals surface area contributed by atoms with E-state index in [4.69, 9.17) is 26.2 Å². The summed E-state index contributed by atoms with van der Waals surface area (Å²) in [6, 6.07) is 10.3. The first-order chi connectivity index (χ1) is 13.4. The summed E-state index contributed by atoms with van der Waals surface area (Å²) in [5.41, 5.74) is 2.27. The molecule has 0 bridgehead atoms. The van der Waals surface area contributed by atoms with Crippen molar-refractivity contribution >= 4 is 35.4 Å². The van der Waals surface area contributed by atoms with E-state index in [-0.39, 0.29) is 22.2 Å². The summed E-state index contributed by atoms with van der Waals surface area (Å²) in [5.74, 6) is -1.63. The molecule has 2 N–H and O–H groups in total. The second-order valence-corrected chi connectivity index (χ2v) is 5.61. The molecule has 0 heterocycles. The van der Waals surface area contributed by atoms with Gasteiger partial charge in [-0.05, 0) is 24.3 Å². The molecule has 2 aromatic rings. The highest BCUT2D eigenvalue weighted by Crippen LogP contribution is 2.29. The van der Waals surface area contributed by atoms with Crippen LogP contribution < -0.4 is 14.9 Å². The normalized spacial score (nSPS) is 10.5. The zero-order chi connectivity index (χ0) is 20.5. The molecular weight excluding hydrogens is 394 g/mol. The lowest BCUT2D eigenvalue weighted by atomic mass is 10.2. The highest BCUT2D eigenvalue weighted by molar-refractivity contribution is 6.30. The predicted molar refractivity (Wildman–Crippen MR) is 98.9 cm³/mol. The fourth-order valence-electron chi connectivity index (χ4n) is 1.96. The Morgan fingerprint density at radius 3 is 2.61 bits per heavy atom. The maximum Gasteiger partial charge on any atom is 0.341 e. The van der Waals surface area contributed by atoms with Crippen molar-refractivity contribution in [3.05, 3.63) is 63.2 Å². The number of hydrogen-bond donors (Lipinski definition) is 2. The molecule has 0 fully saturated rings. The number of carbonyl (C=O) groups is 2. The lowest BCUT2D eigenvalue weighted by molar-refractivity contribution is -0.385. The standard InChI is InChI=1S/C17H14ClN3O7/c18-12-5-6-15(13(7-12)21(25)26)27-9-16(22)20-19-8-11-3-1-2-4-14(11)28-10-17(23)24/h1-8H,9-10H2,(H,20,22)(H,23,24)/b19-8+. The van der Waals surface area contributed by atoms with Crippen LogP contribution in [0.15, 0.2) is 47.6 Å². The number of halogens is 1. The van der Waals surface area contributed by atoms with E-state index in [9.17, 15) is 19.7 Å². The molecule has 0 aromatic heterocycles. The summed E-state index contributed by atoms with van der Waals surface area (Å²) < 4.78 is 10.2. The van der Waals surface area contributed by atoms with Crippen LogP contribution >= 0.6 is 11.6 Å². The minimum atomic E-state index is -1.13. The SMILES string of the molecule is O=C(O)COc1ccccc1/C=N/NC(=O)COc1ccc(Cl)cc1[N+](=O)[O-]. The van der Waals surface area contributed by atoms with Crippen molar-refractivity contribution < 1.29 is 29.1 Å². The van der Waals surface area contributed by atoms with Gasteiger partial charge in [0.2, 0.25) is 0 Å². The van der Waals surface area contributed by atoms with E-state index in [1.807, 2.05) is 0 Å². The molecular formula is C17H14ClN3O7. The second-order valence-electron chi connectivity index (χ2n) is 5.17. The molecule has 2 aromatic carbocycles. The Balaban J connectivity index is 1.93. The Hall–Kier alpha value is -3.66. The van der Waals surface area contributed by atoms with Gasteiger partial charge in [0.1, 0.15) is 5.75 Å². The van der Waals surface area contributed by atoms with Crippen molar-refractivity contribution in [2.24, 2.45) is 5.10 Å². The third-order valence-electron chi connectivity index (χ3n) is 3.14. The molecule has 0 spiro atoms. The molecule has 1 amide bonds. The molecule has 10 nitrogen and oxygen atoms in total. The predicted octanol–water partition coefficient (Wildman–Crippen LogP) is 2.24. The number of nitrogens with one attached hydrogen (secondary N) is 1. The minimum Gasteiger partial charge on any atom is -0.481 e.